The van der Waals surface area contributed by atoms with Crippen molar-refractivity contribution in [3.05, 3.63) is 130 Å². The van der Waals surface area contributed by atoms with Crippen molar-refractivity contribution in [2.75, 3.05) is 10.8 Å². The molecule has 0 spiro atoms. The van der Waals surface area contributed by atoms with Gasteiger partial charge < -0.3 is 10.2 Å². The van der Waals surface area contributed by atoms with Gasteiger partial charge in [0.1, 0.15) is 12.6 Å². The van der Waals surface area contributed by atoms with Crippen molar-refractivity contribution in [2.45, 2.75) is 64.1 Å². The second-order valence-corrected chi connectivity index (χ2v) is 14.4. The number of hydrogen-bond acceptors (Lipinski definition) is 4. The molecule has 4 aromatic carbocycles. The molecule has 0 aliphatic carbocycles. The molecular weight excluding hydrogens is 606 g/mol. The van der Waals surface area contributed by atoms with Gasteiger partial charge in [-0.1, -0.05) is 90.5 Å². The van der Waals surface area contributed by atoms with E-state index in [1.165, 1.54) is 17.0 Å². The molecule has 0 unspecified atom stereocenters. The summed E-state index contributed by atoms with van der Waals surface area (Å²) in [5, 5.41) is 3.38. The molecule has 4 aromatic rings. The van der Waals surface area contributed by atoms with E-state index in [1.807, 2.05) is 82.3 Å². The van der Waals surface area contributed by atoms with Gasteiger partial charge in [-0.25, -0.2) is 8.42 Å². The highest BCUT2D eigenvalue weighted by Crippen LogP contribution is 2.30. The molecule has 0 heterocycles. The number of benzene rings is 4. The molecule has 45 heavy (non-hydrogen) atoms. The number of carbonyl (C=O) groups is 2. The molecule has 4 rings (SSSR count). The number of nitrogens with one attached hydrogen (secondary N) is 1. The van der Waals surface area contributed by atoms with Crippen molar-refractivity contribution in [3.63, 3.8) is 0 Å². The third-order valence-electron chi connectivity index (χ3n) is 7.42. The lowest BCUT2D eigenvalue weighted by Crippen LogP contribution is -2.56. The fourth-order valence-electron chi connectivity index (χ4n) is 5.06. The van der Waals surface area contributed by atoms with E-state index in [0.717, 1.165) is 21.0 Å². The number of sulfonamides is 1. The van der Waals surface area contributed by atoms with E-state index in [9.17, 15) is 18.0 Å². The van der Waals surface area contributed by atoms with E-state index in [-0.39, 0.29) is 29.5 Å². The van der Waals surface area contributed by atoms with Crippen LogP contribution in [0.25, 0.3) is 0 Å². The van der Waals surface area contributed by atoms with E-state index in [0.29, 0.717) is 10.6 Å². The summed E-state index contributed by atoms with van der Waals surface area (Å²) in [5.74, 6) is -0.855. The highest BCUT2D eigenvalue weighted by molar-refractivity contribution is 7.92. The minimum Gasteiger partial charge on any atom is -0.350 e. The van der Waals surface area contributed by atoms with Crippen molar-refractivity contribution >= 4 is 39.1 Å². The molecule has 0 saturated heterocycles. The van der Waals surface area contributed by atoms with Crippen LogP contribution in [0.4, 0.5) is 5.69 Å². The molecule has 1 N–H and O–H groups in total. The van der Waals surface area contributed by atoms with Gasteiger partial charge in [-0.15, -0.1) is 0 Å². The second kappa shape index (κ2) is 14.3. The van der Waals surface area contributed by atoms with Crippen molar-refractivity contribution in [3.8, 4) is 0 Å². The molecule has 2 amide bonds. The number of halogens is 1. The van der Waals surface area contributed by atoms with E-state index < -0.39 is 34.1 Å². The minimum atomic E-state index is -4.21. The molecule has 0 radical (unpaired) electrons. The summed E-state index contributed by atoms with van der Waals surface area (Å²) in [4.78, 5) is 30.2. The lowest BCUT2D eigenvalue weighted by molar-refractivity contribution is -0.140. The summed E-state index contributed by atoms with van der Waals surface area (Å²) in [5.41, 5.74) is 3.02. The van der Waals surface area contributed by atoms with Crippen LogP contribution in [0.5, 0.6) is 0 Å². The molecule has 0 bridgehead atoms. The van der Waals surface area contributed by atoms with Crippen LogP contribution in [0, 0.1) is 13.8 Å². The van der Waals surface area contributed by atoms with Gasteiger partial charge >= 0.3 is 0 Å². The summed E-state index contributed by atoms with van der Waals surface area (Å²) in [6.07, 6.45) is 0.238. The molecule has 0 aliphatic rings. The average Bonchev–Trinajstić information content (AvgIpc) is 2.99. The summed E-state index contributed by atoms with van der Waals surface area (Å²) in [6, 6.07) is 29.1. The number of rotatable bonds is 11. The van der Waals surface area contributed by atoms with Crippen molar-refractivity contribution in [1.82, 2.24) is 10.2 Å². The number of anilines is 1. The van der Waals surface area contributed by atoms with Crippen molar-refractivity contribution in [2.24, 2.45) is 0 Å². The summed E-state index contributed by atoms with van der Waals surface area (Å²) >= 11 is 6.35. The van der Waals surface area contributed by atoms with Crippen LogP contribution < -0.4 is 9.62 Å². The lowest BCUT2D eigenvalue weighted by Gasteiger charge is -2.36. The fourth-order valence-corrected chi connectivity index (χ4v) is 6.72. The van der Waals surface area contributed by atoms with Crippen LogP contribution in [0.2, 0.25) is 5.02 Å². The molecular formula is C36H40ClN3O4S. The number of aryl methyl sites for hydroxylation is 2. The molecule has 0 aromatic heterocycles. The quantitative estimate of drug-likeness (QED) is 0.197. The van der Waals surface area contributed by atoms with Gasteiger partial charge in [0.05, 0.1) is 10.6 Å². The number of nitrogens with zero attached hydrogens (tertiary/aromatic N) is 2. The summed E-state index contributed by atoms with van der Waals surface area (Å²) in [7, 11) is -4.21. The Morgan fingerprint density at radius 3 is 2.04 bits per heavy atom. The maximum atomic E-state index is 14.6. The monoisotopic (exact) mass is 645 g/mol. The first kappa shape index (κ1) is 33.7. The zero-order chi connectivity index (χ0) is 32.8. The molecule has 1 atom stereocenters. The Hall–Kier alpha value is -4.14. The smallest absolute Gasteiger partial charge is 0.264 e. The predicted octanol–water partition coefficient (Wildman–Crippen LogP) is 6.71. The molecule has 9 heteroatoms. The number of carbonyl (C=O) groups excluding carboxylic acids is 2. The lowest BCUT2D eigenvalue weighted by atomic mass is 10.00. The van der Waals surface area contributed by atoms with Crippen molar-refractivity contribution in [1.29, 1.82) is 0 Å². The van der Waals surface area contributed by atoms with Gasteiger partial charge in [0.2, 0.25) is 11.8 Å². The molecule has 0 aliphatic heterocycles. The van der Waals surface area contributed by atoms with Gasteiger partial charge in [-0.3, -0.25) is 13.9 Å². The molecule has 7 nitrogen and oxygen atoms in total. The highest BCUT2D eigenvalue weighted by atomic mass is 35.5. The van der Waals surface area contributed by atoms with Crippen LogP contribution in [-0.2, 0) is 32.6 Å². The largest absolute Gasteiger partial charge is 0.350 e. The number of amides is 2. The summed E-state index contributed by atoms with van der Waals surface area (Å²) in [6.45, 7) is 8.92. The second-order valence-electron chi connectivity index (χ2n) is 12.1. The fraction of sp³-hybridized carbons (Fsp3) is 0.278. The van der Waals surface area contributed by atoms with Crippen LogP contribution in [0.3, 0.4) is 0 Å². The maximum Gasteiger partial charge on any atom is 0.264 e. The molecule has 236 valence electrons. The van der Waals surface area contributed by atoms with Gasteiger partial charge in [-0.05, 0) is 81.1 Å². The standard InChI is InChI=1S/C36H40ClN3O4S/c1-26-14-12-13-17-29(26)24-39(33(35(42)38-36(3,4)5)22-28-15-8-6-9-16-28)34(41)25-40(32-23-30(37)21-20-27(32)2)45(43,44)31-18-10-7-11-19-31/h6-21,23,33H,22,24-25H2,1-5H3,(H,38,42)/t33-/m0/s1. The Kier molecular flexibility index (Phi) is 10.7. The Bertz CT molecular complexity index is 1740. The zero-order valence-corrected chi connectivity index (χ0v) is 27.9. The van der Waals surface area contributed by atoms with Crippen LogP contribution >= 0.6 is 11.6 Å². The van der Waals surface area contributed by atoms with Crippen LogP contribution in [0.15, 0.2) is 108 Å². The van der Waals surface area contributed by atoms with Gasteiger partial charge in [-0.2, -0.15) is 0 Å². The Balaban J connectivity index is 1.85. The van der Waals surface area contributed by atoms with E-state index in [4.69, 9.17) is 11.6 Å². The van der Waals surface area contributed by atoms with Crippen LogP contribution in [-0.4, -0.2) is 43.3 Å². The first-order valence-corrected chi connectivity index (χ1v) is 16.6. The highest BCUT2D eigenvalue weighted by Gasteiger charge is 2.36. The first-order valence-electron chi connectivity index (χ1n) is 14.8. The third-order valence-corrected chi connectivity index (χ3v) is 9.43. The van der Waals surface area contributed by atoms with Gasteiger partial charge in [0, 0.05) is 23.5 Å². The molecule has 0 fully saturated rings. The van der Waals surface area contributed by atoms with Gasteiger partial charge in [0.15, 0.2) is 0 Å². The average molecular weight is 646 g/mol. The van der Waals surface area contributed by atoms with Crippen LogP contribution in [0.1, 0.15) is 43.0 Å². The predicted molar refractivity (Wildman–Crippen MR) is 181 cm³/mol. The minimum absolute atomic E-state index is 0.0361. The topological polar surface area (TPSA) is 86.8 Å². The van der Waals surface area contributed by atoms with Crippen molar-refractivity contribution < 1.29 is 18.0 Å². The molecule has 0 saturated carbocycles. The Morgan fingerprint density at radius 2 is 1.42 bits per heavy atom. The summed E-state index contributed by atoms with van der Waals surface area (Å²) < 4.78 is 29.5. The maximum absolute atomic E-state index is 14.6. The Labute approximate surface area is 271 Å². The van der Waals surface area contributed by atoms with Gasteiger partial charge in [0.25, 0.3) is 10.0 Å². The normalized spacial score (nSPS) is 12.3. The third kappa shape index (κ3) is 8.74. The van der Waals surface area contributed by atoms with E-state index >= 15 is 0 Å². The number of hydrogen-bond donors (Lipinski definition) is 1. The van der Waals surface area contributed by atoms with E-state index in [1.54, 1.807) is 43.3 Å². The van der Waals surface area contributed by atoms with E-state index in [2.05, 4.69) is 5.32 Å². The SMILES string of the molecule is Cc1ccccc1CN(C(=O)CN(c1cc(Cl)ccc1C)S(=O)(=O)c1ccccc1)[C@@H](Cc1ccccc1)C(=O)NC(C)(C)C. The zero-order valence-electron chi connectivity index (χ0n) is 26.3. The first-order chi connectivity index (χ1) is 21.3. The Morgan fingerprint density at radius 1 is 0.822 bits per heavy atom.